The van der Waals surface area contributed by atoms with E-state index < -0.39 is 0 Å². The van der Waals surface area contributed by atoms with Gasteiger partial charge in [-0.15, -0.1) is 0 Å². The molecule has 0 saturated carbocycles. The number of nitrogens with one attached hydrogen (secondary N) is 1. The fraction of sp³-hybridized carbons (Fsp3) is 0.444. The van der Waals surface area contributed by atoms with Gasteiger partial charge < -0.3 is 5.32 Å². The predicted octanol–water partition coefficient (Wildman–Crippen LogP) is 3.06. The van der Waals surface area contributed by atoms with Crippen molar-refractivity contribution in [3.8, 4) is 0 Å². The average Bonchev–Trinajstić information content (AvgIpc) is 2.98. The van der Waals surface area contributed by atoms with E-state index in [4.69, 9.17) is 0 Å². The molecular formula is C18H24N6O. The Hall–Kier alpha value is -2.70. The van der Waals surface area contributed by atoms with Crippen molar-refractivity contribution in [1.82, 2.24) is 24.5 Å². The first-order valence-corrected chi connectivity index (χ1v) is 8.49. The lowest BCUT2D eigenvalue weighted by Gasteiger charge is -2.09. The molecule has 3 heterocycles. The third-order valence-electron chi connectivity index (χ3n) is 4.40. The number of rotatable bonds is 4. The van der Waals surface area contributed by atoms with Gasteiger partial charge in [0.2, 0.25) is 0 Å². The van der Waals surface area contributed by atoms with Crippen LogP contribution in [0.3, 0.4) is 0 Å². The van der Waals surface area contributed by atoms with Crippen molar-refractivity contribution in [3.05, 3.63) is 34.4 Å². The van der Waals surface area contributed by atoms with Gasteiger partial charge in [-0.3, -0.25) is 14.2 Å². The molecule has 132 valence electrons. The Kier molecular flexibility index (Phi) is 4.32. The summed E-state index contributed by atoms with van der Waals surface area (Å²) in [6.07, 6.45) is 0.994. The van der Waals surface area contributed by atoms with Crippen LogP contribution >= 0.6 is 0 Å². The van der Waals surface area contributed by atoms with E-state index in [9.17, 15) is 4.79 Å². The molecule has 25 heavy (non-hydrogen) atoms. The number of carbonyl (C=O) groups is 1. The molecule has 1 amide bonds. The zero-order chi connectivity index (χ0) is 18.3. The van der Waals surface area contributed by atoms with Crippen LogP contribution in [0.2, 0.25) is 0 Å². The highest BCUT2D eigenvalue weighted by atomic mass is 16.1. The Balaban J connectivity index is 2.04. The van der Waals surface area contributed by atoms with E-state index in [0.717, 1.165) is 52.5 Å². The van der Waals surface area contributed by atoms with Gasteiger partial charge in [-0.2, -0.15) is 10.2 Å². The summed E-state index contributed by atoms with van der Waals surface area (Å²) in [5, 5.41) is 12.8. The summed E-state index contributed by atoms with van der Waals surface area (Å²) in [7, 11) is 1.84. The smallest absolute Gasteiger partial charge is 0.256 e. The number of nitrogens with zero attached hydrogens (tertiary/aromatic N) is 5. The SMILES string of the molecule is CCCn1nc(C)c(NC(=O)c2cc(C)nc3c2c(C)nn3C)c1C. The maximum atomic E-state index is 13.0. The highest BCUT2D eigenvalue weighted by molar-refractivity contribution is 6.13. The molecule has 3 rings (SSSR count). The lowest BCUT2D eigenvalue weighted by molar-refractivity contribution is 0.102. The minimum Gasteiger partial charge on any atom is -0.319 e. The Labute approximate surface area is 147 Å². The van der Waals surface area contributed by atoms with Crippen LogP contribution in [0.4, 0.5) is 5.69 Å². The Morgan fingerprint density at radius 3 is 2.56 bits per heavy atom. The molecule has 0 bridgehead atoms. The second kappa shape index (κ2) is 6.31. The zero-order valence-electron chi connectivity index (χ0n) is 15.6. The molecule has 3 aromatic rings. The molecule has 0 unspecified atom stereocenters. The maximum absolute atomic E-state index is 13.0. The van der Waals surface area contributed by atoms with Crippen molar-refractivity contribution in [2.75, 3.05) is 5.32 Å². The van der Waals surface area contributed by atoms with Crippen LogP contribution < -0.4 is 5.32 Å². The topological polar surface area (TPSA) is 77.6 Å². The van der Waals surface area contributed by atoms with Gasteiger partial charge in [0, 0.05) is 19.3 Å². The van der Waals surface area contributed by atoms with Crippen LogP contribution in [-0.2, 0) is 13.6 Å². The van der Waals surface area contributed by atoms with Crippen molar-refractivity contribution in [3.63, 3.8) is 0 Å². The standard InChI is InChI=1S/C18H24N6O/c1-7-8-24-13(5)16(12(4)22-24)20-18(25)14-9-10(2)19-17-15(14)11(3)21-23(17)6/h9H,7-8H2,1-6H3,(H,20,25). The number of hydrogen-bond acceptors (Lipinski definition) is 4. The van der Waals surface area contributed by atoms with E-state index in [1.165, 1.54) is 0 Å². The molecule has 0 fully saturated rings. The molecule has 0 aliphatic rings. The van der Waals surface area contributed by atoms with Gasteiger partial charge in [-0.1, -0.05) is 6.92 Å². The molecular weight excluding hydrogens is 316 g/mol. The summed E-state index contributed by atoms with van der Waals surface area (Å²) in [6, 6.07) is 1.81. The highest BCUT2D eigenvalue weighted by Crippen LogP contribution is 2.25. The lowest BCUT2D eigenvalue weighted by Crippen LogP contribution is -2.14. The number of fused-ring (bicyclic) bond motifs is 1. The van der Waals surface area contributed by atoms with Gasteiger partial charge in [0.25, 0.3) is 5.91 Å². The summed E-state index contributed by atoms with van der Waals surface area (Å²) in [5.74, 6) is -0.158. The average molecular weight is 340 g/mol. The van der Waals surface area contributed by atoms with Gasteiger partial charge in [0.05, 0.1) is 33.7 Å². The fourth-order valence-corrected chi connectivity index (χ4v) is 3.24. The molecule has 1 N–H and O–H groups in total. The minimum atomic E-state index is -0.158. The van der Waals surface area contributed by atoms with Crippen molar-refractivity contribution in [1.29, 1.82) is 0 Å². The van der Waals surface area contributed by atoms with E-state index in [1.54, 1.807) is 4.68 Å². The second-order valence-corrected chi connectivity index (χ2v) is 6.44. The van der Waals surface area contributed by atoms with Crippen LogP contribution in [0.15, 0.2) is 6.07 Å². The monoisotopic (exact) mass is 340 g/mol. The van der Waals surface area contributed by atoms with Crippen molar-refractivity contribution >= 4 is 22.6 Å². The van der Waals surface area contributed by atoms with Gasteiger partial charge >= 0.3 is 0 Å². The largest absolute Gasteiger partial charge is 0.319 e. The number of carbonyl (C=O) groups excluding carboxylic acids is 1. The third-order valence-corrected chi connectivity index (χ3v) is 4.40. The minimum absolute atomic E-state index is 0.158. The Morgan fingerprint density at radius 2 is 1.88 bits per heavy atom. The first kappa shape index (κ1) is 17.1. The van der Waals surface area contributed by atoms with Crippen molar-refractivity contribution in [2.45, 2.75) is 47.6 Å². The van der Waals surface area contributed by atoms with Gasteiger partial charge in [0.15, 0.2) is 5.65 Å². The normalized spacial score (nSPS) is 11.3. The van der Waals surface area contributed by atoms with Crippen LogP contribution in [0.1, 0.15) is 46.5 Å². The fourth-order valence-electron chi connectivity index (χ4n) is 3.24. The number of aromatic nitrogens is 5. The van der Waals surface area contributed by atoms with Gasteiger partial charge in [-0.05, 0) is 40.2 Å². The van der Waals surface area contributed by atoms with Gasteiger partial charge in [-0.25, -0.2) is 4.98 Å². The Morgan fingerprint density at radius 1 is 1.16 bits per heavy atom. The molecule has 0 spiro atoms. The molecule has 0 atom stereocenters. The van der Waals surface area contributed by atoms with Crippen LogP contribution in [0, 0.1) is 27.7 Å². The number of aryl methyl sites for hydroxylation is 5. The molecule has 7 nitrogen and oxygen atoms in total. The summed E-state index contributed by atoms with van der Waals surface area (Å²) in [4.78, 5) is 17.5. The first-order valence-electron chi connectivity index (χ1n) is 8.49. The van der Waals surface area contributed by atoms with E-state index in [-0.39, 0.29) is 5.91 Å². The Bertz CT molecular complexity index is 966. The van der Waals surface area contributed by atoms with Crippen LogP contribution in [0.5, 0.6) is 0 Å². The lowest BCUT2D eigenvalue weighted by atomic mass is 10.1. The maximum Gasteiger partial charge on any atom is 0.256 e. The van der Waals surface area contributed by atoms with Crippen molar-refractivity contribution < 1.29 is 4.79 Å². The quantitative estimate of drug-likeness (QED) is 0.792. The summed E-state index contributed by atoms with van der Waals surface area (Å²) in [5.41, 5.74) is 5.47. The molecule has 3 aromatic heterocycles. The first-order chi connectivity index (χ1) is 11.8. The molecule has 0 radical (unpaired) electrons. The highest BCUT2D eigenvalue weighted by Gasteiger charge is 2.20. The van der Waals surface area contributed by atoms with Crippen molar-refractivity contribution in [2.24, 2.45) is 7.05 Å². The summed E-state index contributed by atoms with van der Waals surface area (Å²) < 4.78 is 3.65. The molecule has 0 aliphatic heterocycles. The van der Waals surface area contributed by atoms with Crippen LogP contribution in [-0.4, -0.2) is 30.5 Å². The number of hydrogen-bond donors (Lipinski definition) is 1. The summed E-state index contributed by atoms with van der Waals surface area (Å²) >= 11 is 0. The number of amides is 1. The second-order valence-electron chi connectivity index (χ2n) is 6.44. The molecule has 0 saturated heterocycles. The number of anilines is 1. The molecule has 7 heteroatoms. The van der Waals surface area contributed by atoms with E-state index in [1.807, 2.05) is 45.5 Å². The third kappa shape index (κ3) is 2.90. The molecule has 0 aliphatic carbocycles. The van der Waals surface area contributed by atoms with E-state index in [2.05, 4.69) is 27.4 Å². The van der Waals surface area contributed by atoms with E-state index in [0.29, 0.717) is 5.56 Å². The zero-order valence-corrected chi connectivity index (χ0v) is 15.6. The van der Waals surface area contributed by atoms with Crippen LogP contribution in [0.25, 0.3) is 11.0 Å². The van der Waals surface area contributed by atoms with E-state index >= 15 is 0 Å². The number of pyridine rings is 1. The van der Waals surface area contributed by atoms with Gasteiger partial charge in [0.1, 0.15) is 0 Å². The molecule has 0 aromatic carbocycles. The predicted molar refractivity (Wildman–Crippen MR) is 97.9 cm³/mol. The summed E-state index contributed by atoms with van der Waals surface area (Å²) in [6.45, 7) is 10.6.